The van der Waals surface area contributed by atoms with E-state index < -0.39 is 0 Å². The van der Waals surface area contributed by atoms with Gasteiger partial charge in [0.1, 0.15) is 11.0 Å². The van der Waals surface area contributed by atoms with Gasteiger partial charge in [0.2, 0.25) is 0 Å². The number of para-hydroxylation sites is 2. The molecule has 0 amide bonds. The van der Waals surface area contributed by atoms with Gasteiger partial charge in [0, 0.05) is 6.42 Å². The molecule has 176 valence electrons. The van der Waals surface area contributed by atoms with E-state index in [1.54, 1.807) is 0 Å². The molecule has 0 saturated carbocycles. The highest BCUT2D eigenvalue weighted by Crippen LogP contribution is 2.29. The van der Waals surface area contributed by atoms with Gasteiger partial charge in [0.25, 0.3) is 0 Å². The van der Waals surface area contributed by atoms with Gasteiger partial charge in [0.15, 0.2) is 12.5 Å². The van der Waals surface area contributed by atoms with Gasteiger partial charge in [-0.3, -0.25) is 0 Å². The summed E-state index contributed by atoms with van der Waals surface area (Å²) in [7, 11) is 0. The Bertz CT molecular complexity index is 1070. The van der Waals surface area contributed by atoms with Gasteiger partial charge in [-0.1, -0.05) is 75.2 Å². The Morgan fingerprint density at radius 2 is 1.12 bits per heavy atom. The van der Waals surface area contributed by atoms with E-state index in [9.17, 15) is 0 Å². The molecule has 2 aromatic heterocycles. The van der Waals surface area contributed by atoms with E-state index in [1.165, 1.54) is 0 Å². The average Bonchev–Trinajstić information content (AvgIpc) is 3.48. The molecule has 0 fully saturated rings. The standard InChI is InChI=1S/C25H34N6O2/c1-5-18(3)16-32-24(30-22-13-9-7-11-20(22)26-28-30)15-25(33-17-19(4)6-2)31-23-14-10-8-12-21(23)27-29-31/h7-14,18-19,24-25H,5-6,15-17H2,1-4H3. The molecule has 4 atom stereocenters. The molecule has 0 spiro atoms. The summed E-state index contributed by atoms with van der Waals surface area (Å²) in [5, 5.41) is 17.6. The summed E-state index contributed by atoms with van der Waals surface area (Å²) in [6.07, 6.45) is 1.93. The molecule has 4 aromatic rings. The van der Waals surface area contributed by atoms with E-state index in [0.29, 0.717) is 31.5 Å². The summed E-state index contributed by atoms with van der Waals surface area (Å²) in [6.45, 7) is 9.99. The first-order valence-corrected chi connectivity index (χ1v) is 11.9. The van der Waals surface area contributed by atoms with Gasteiger partial charge in [-0.25, -0.2) is 9.36 Å². The van der Waals surface area contributed by atoms with Gasteiger partial charge in [0.05, 0.1) is 24.2 Å². The number of hydrogen-bond donors (Lipinski definition) is 0. The molecule has 0 radical (unpaired) electrons. The first kappa shape index (κ1) is 23.3. The van der Waals surface area contributed by atoms with Crippen LogP contribution in [0.5, 0.6) is 0 Å². The SMILES string of the molecule is CCC(C)COC(CC(OCC(C)CC)n1nnc2ccccc21)n1nnc2ccccc21. The Hall–Kier alpha value is -2.84. The molecule has 0 aliphatic carbocycles. The molecule has 4 unspecified atom stereocenters. The molecule has 4 rings (SSSR count). The minimum absolute atomic E-state index is 0.351. The molecular weight excluding hydrogens is 416 g/mol. The van der Waals surface area contributed by atoms with Crippen LogP contribution in [0.4, 0.5) is 0 Å². The fraction of sp³-hybridized carbons (Fsp3) is 0.520. The zero-order valence-electron chi connectivity index (χ0n) is 20.0. The summed E-state index contributed by atoms with van der Waals surface area (Å²) in [5.74, 6) is 0.878. The molecule has 2 aromatic carbocycles. The molecule has 33 heavy (non-hydrogen) atoms. The number of benzene rings is 2. The van der Waals surface area contributed by atoms with Crippen LogP contribution in [-0.4, -0.2) is 43.2 Å². The van der Waals surface area contributed by atoms with Crippen molar-refractivity contribution in [2.45, 2.75) is 59.4 Å². The van der Waals surface area contributed by atoms with Crippen LogP contribution in [0, 0.1) is 11.8 Å². The van der Waals surface area contributed by atoms with E-state index in [-0.39, 0.29) is 12.5 Å². The summed E-state index contributed by atoms with van der Waals surface area (Å²) >= 11 is 0. The first-order chi connectivity index (χ1) is 16.1. The van der Waals surface area contributed by atoms with Crippen molar-refractivity contribution in [3.8, 4) is 0 Å². The van der Waals surface area contributed by atoms with Gasteiger partial charge in [-0.05, 0) is 36.1 Å². The van der Waals surface area contributed by atoms with E-state index in [2.05, 4.69) is 48.3 Å². The highest BCUT2D eigenvalue weighted by Gasteiger charge is 2.26. The third-order valence-electron chi connectivity index (χ3n) is 6.24. The predicted molar refractivity (Wildman–Crippen MR) is 129 cm³/mol. The van der Waals surface area contributed by atoms with Crippen LogP contribution in [0.1, 0.15) is 59.4 Å². The van der Waals surface area contributed by atoms with Crippen molar-refractivity contribution in [2.24, 2.45) is 11.8 Å². The molecule has 8 nitrogen and oxygen atoms in total. The molecular formula is C25H34N6O2. The first-order valence-electron chi connectivity index (χ1n) is 11.9. The number of rotatable bonds is 12. The van der Waals surface area contributed by atoms with Crippen LogP contribution in [0.25, 0.3) is 22.1 Å². The van der Waals surface area contributed by atoms with Crippen LogP contribution >= 0.6 is 0 Å². The maximum absolute atomic E-state index is 6.44. The summed E-state index contributed by atoms with van der Waals surface area (Å²) in [5.41, 5.74) is 3.57. The molecule has 0 N–H and O–H groups in total. The van der Waals surface area contributed by atoms with Crippen molar-refractivity contribution in [2.75, 3.05) is 13.2 Å². The van der Waals surface area contributed by atoms with Gasteiger partial charge in [-0.2, -0.15) is 0 Å². The molecule has 8 heteroatoms. The second kappa shape index (κ2) is 10.9. The normalized spacial score (nSPS) is 15.6. The topological polar surface area (TPSA) is 79.9 Å². The third-order valence-corrected chi connectivity index (χ3v) is 6.24. The minimum atomic E-state index is -0.351. The van der Waals surface area contributed by atoms with Crippen LogP contribution < -0.4 is 0 Å². The summed E-state index contributed by atoms with van der Waals surface area (Å²) < 4.78 is 16.6. The fourth-order valence-electron chi connectivity index (χ4n) is 3.64. The van der Waals surface area contributed by atoms with Gasteiger partial charge < -0.3 is 9.47 Å². The Balaban J connectivity index is 1.68. The third kappa shape index (κ3) is 5.39. The van der Waals surface area contributed by atoms with Crippen molar-refractivity contribution >= 4 is 22.1 Å². The van der Waals surface area contributed by atoms with Crippen LogP contribution in [-0.2, 0) is 9.47 Å². The monoisotopic (exact) mass is 450 g/mol. The summed E-state index contributed by atoms with van der Waals surface area (Å²) in [6, 6.07) is 15.9. The largest absolute Gasteiger partial charge is 0.356 e. The highest BCUT2D eigenvalue weighted by molar-refractivity contribution is 5.74. The molecule has 0 bridgehead atoms. The van der Waals surface area contributed by atoms with Crippen molar-refractivity contribution in [1.82, 2.24) is 30.0 Å². The number of aromatic nitrogens is 6. The van der Waals surface area contributed by atoms with E-state index >= 15 is 0 Å². The zero-order chi connectivity index (χ0) is 23.2. The van der Waals surface area contributed by atoms with Gasteiger partial charge in [-0.15, -0.1) is 10.2 Å². The average molecular weight is 451 g/mol. The van der Waals surface area contributed by atoms with Crippen molar-refractivity contribution < 1.29 is 9.47 Å². The Morgan fingerprint density at radius 3 is 1.55 bits per heavy atom. The fourth-order valence-corrected chi connectivity index (χ4v) is 3.64. The van der Waals surface area contributed by atoms with E-state index in [0.717, 1.165) is 34.9 Å². The van der Waals surface area contributed by atoms with Crippen LogP contribution in [0.2, 0.25) is 0 Å². The van der Waals surface area contributed by atoms with Crippen LogP contribution in [0.3, 0.4) is 0 Å². The predicted octanol–water partition coefficient (Wildman–Crippen LogP) is 5.39. The lowest BCUT2D eigenvalue weighted by atomic mass is 10.1. The highest BCUT2D eigenvalue weighted by atomic mass is 16.5. The molecule has 2 heterocycles. The lowest BCUT2D eigenvalue weighted by molar-refractivity contribution is -0.0947. The molecule has 0 saturated heterocycles. The Labute approximate surface area is 194 Å². The molecule has 0 aliphatic heterocycles. The minimum Gasteiger partial charge on any atom is -0.356 e. The zero-order valence-corrected chi connectivity index (χ0v) is 20.0. The van der Waals surface area contributed by atoms with E-state index in [1.807, 2.05) is 57.9 Å². The second-order valence-electron chi connectivity index (χ2n) is 8.88. The Kier molecular flexibility index (Phi) is 7.67. The number of ether oxygens (including phenoxy) is 2. The van der Waals surface area contributed by atoms with Crippen molar-refractivity contribution in [1.29, 1.82) is 0 Å². The van der Waals surface area contributed by atoms with Crippen molar-refractivity contribution in [3.05, 3.63) is 48.5 Å². The maximum Gasteiger partial charge on any atom is 0.157 e. The van der Waals surface area contributed by atoms with Crippen molar-refractivity contribution in [3.63, 3.8) is 0 Å². The second-order valence-corrected chi connectivity index (χ2v) is 8.88. The lowest BCUT2D eigenvalue weighted by Crippen LogP contribution is -2.25. The number of nitrogens with zero attached hydrogens (tertiary/aromatic N) is 6. The summed E-state index contributed by atoms with van der Waals surface area (Å²) in [4.78, 5) is 0. The Morgan fingerprint density at radius 1 is 0.697 bits per heavy atom. The quantitative estimate of drug-likeness (QED) is 0.288. The van der Waals surface area contributed by atoms with Crippen LogP contribution in [0.15, 0.2) is 48.5 Å². The van der Waals surface area contributed by atoms with Gasteiger partial charge >= 0.3 is 0 Å². The number of fused-ring (bicyclic) bond motifs is 2. The molecule has 0 aliphatic rings. The number of hydrogen-bond acceptors (Lipinski definition) is 6. The smallest absolute Gasteiger partial charge is 0.157 e. The van der Waals surface area contributed by atoms with E-state index in [4.69, 9.17) is 9.47 Å². The lowest BCUT2D eigenvalue weighted by Gasteiger charge is -2.26. The maximum atomic E-state index is 6.44.